The molecule has 4 aromatic heterocycles. The summed E-state index contributed by atoms with van der Waals surface area (Å²) in [5.74, 6) is 0. The van der Waals surface area contributed by atoms with Crippen LogP contribution in [0, 0.1) is 0 Å². The van der Waals surface area contributed by atoms with Crippen LogP contribution in [0.3, 0.4) is 0 Å². The lowest BCUT2D eigenvalue weighted by atomic mass is 10.0. The molecule has 5 heteroatoms. The Bertz CT molecular complexity index is 2770. The van der Waals surface area contributed by atoms with Crippen LogP contribution in [0.5, 0.6) is 0 Å². The van der Waals surface area contributed by atoms with E-state index in [1.54, 1.807) is 0 Å². The SMILES string of the molecule is c1ccc2c(c1)oc1ccc(N(c3ccc(-c4nccc5sc6ccccc6c45)cc3)c3cccc4c3oc3ccccc34)cc12. The number of hydrogen-bond acceptors (Lipinski definition) is 5. The summed E-state index contributed by atoms with van der Waals surface area (Å²) in [5, 5.41) is 6.81. The maximum Gasteiger partial charge on any atom is 0.159 e. The van der Waals surface area contributed by atoms with Crippen LogP contribution in [0.15, 0.2) is 155 Å². The van der Waals surface area contributed by atoms with Gasteiger partial charge in [0.1, 0.15) is 16.7 Å². The quantitative estimate of drug-likeness (QED) is 0.199. The van der Waals surface area contributed by atoms with E-state index in [0.717, 1.165) is 72.2 Å². The third kappa shape index (κ3) is 3.76. The summed E-state index contributed by atoms with van der Waals surface area (Å²) in [4.78, 5) is 7.16. The highest BCUT2D eigenvalue weighted by Crippen LogP contribution is 2.45. The van der Waals surface area contributed by atoms with Crippen LogP contribution in [-0.4, -0.2) is 4.98 Å². The van der Waals surface area contributed by atoms with E-state index in [1.807, 2.05) is 41.8 Å². The Morgan fingerprint density at radius 2 is 1.17 bits per heavy atom. The topological polar surface area (TPSA) is 42.4 Å². The predicted molar refractivity (Wildman–Crippen MR) is 192 cm³/mol. The van der Waals surface area contributed by atoms with Crippen molar-refractivity contribution in [1.29, 1.82) is 0 Å². The smallest absolute Gasteiger partial charge is 0.159 e. The molecule has 10 rings (SSSR count). The number of rotatable bonds is 4. The van der Waals surface area contributed by atoms with E-state index >= 15 is 0 Å². The zero-order valence-electron chi connectivity index (χ0n) is 24.5. The number of fused-ring (bicyclic) bond motifs is 9. The molecule has 0 aliphatic rings. The molecule has 0 N–H and O–H groups in total. The molecule has 0 unspecified atom stereocenters. The monoisotopic (exact) mass is 608 g/mol. The normalized spacial score (nSPS) is 11.9. The Morgan fingerprint density at radius 1 is 0.500 bits per heavy atom. The molecule has 10 aromatic rings. The molecule has 0 atom stereocenters. The van der Waals surface area contributed by atoms with E-state index in [-0.39, 0.29) is 0 Å². The lowest BCUT2D eigenvalue weighted by molar-refractivity contribution is 0.669. The Kier molecular flexibility index (Phi) is 5.41. The predicted octanol–water partition coefficient (Wildman–Crippen LogP) is 12.4. The Morgan fingerprint density at radius 3 is 2.02 bits per heavy atom. The van der Waals surface area contributed by atoms with Gasteiger partial charge in [-0.05, 0) is 60.7 Å². The number of benzene rings is 6. The van der Waals surface area contributed by atoms with Crippen LogP contribution in [0.2, 0.25) is 0 Å². The highest BCUT2D eigenvalue weighted by molar-refractivity contribution is 7.25. The molecule has 0 radical (unpaired) electrons. The first-order valence-corrected chi connectivity index (χ1v) is 16.1. The van der Waals surface area contributed by atoms with E-state index in [0.29, 0.717) is 0 Å². The fourth-order valence-electron chi connectivity index (χ4n) is 6.85. The van der Waals surface area contributed by atoms with Gasteiger partial charge in [0.2, 0.25) is 0 Å². The summed E-state index contributed by atoms with van der Waals surface area (Å²) in [5.41, 5.74) is 8.55. The van der Waals surface area contributed by atoms with Gasteiger partial charge in [0.05, 0.1) is 11.4 Å². The average molecular weight is 609 g/mol. The fraction of sp³-hybridized carbons (Fsp3) is 0. The van der Waals surface area contributed by atoms with E-state index in [4.69, 9.17) is 13.8 Å². The number of aromatic nitrogens is 1. The minimum atomic E-state index is 0.848. The second kappa shape index (κ2) is 9.80. The minimum absolute atomic E-state index is 0.848. The second-order valence-corrected chi connectivity index (χ2v) is 12.6. The Labute approximate surface area is 267 Å². The number of hydrogen-bond donors (Lipinski definition) is 0. The van der Waals surface area contributed by atoms with Gasteiger partial charge in [-0.1, -0.05) is 78.9 Å². The summed E-state index contributed by atoms with van der Waals surface area (Å²) in [7, 11) is 0. The summed E-state index contributed by atoms with van der Waals surface area (Å²) < 4.78 is 15.3. The summed E-state index contributed by atoms with van der Waals surface area (Å²) >= 11 is 1.81. The maximum absolute atomic E-state index is 6.55. The molecule has 0 bridgehead atoms. The molecule has 216 valence electrons. The molecule has 0 fully saturated rings. The van der Waals surface area contributed by atoms with Crippen molar-refractivity contribution in [2.45, 2.75) is 0 Å². The molecule has 6 aromatic carbocycles. The molecule has 0 amide bonds. The number of nitrogens with zero attached hydrogens (tertiary/aromatic N) is 2. The standard InChI is InChI=1S/C41H24N2O2S/c1-5-14-35-28(8-1)30-11-7-12-33(41(30)45-35)43(27-20-21-36-32(24-27)29-9-2-4-13-34(29)44-36)26-18-16-25(17-19-26)40-39-31-10-3-6-15-37(31)46-38(39)22-23-42-40/h1-24H. The first-order chi connectivity index (χ1) is 22.8. The molecule has 0 aliphatic heterocycles. The van der Waals surface area contributed by atoms with Gasteiger partial charge >= 0.3 is 0 Å². The zero-order chi connectivity index (χ0) is 30.2. The largest absolute Gasteiger partial charge is 0.456 e. The van der Waals surface area contributed by atoms with Crippen molar-refractivity contribution < 1.29 is 8.83 Å². The van der Waals surface area contributed by atoms with Crippen LogP contribution in [0.25, 0.3) is 75.3 Å². The van der Waals surface area contributed by atoms with Crippen molar-refractivity contribution in [3.63, 3.8) is 0 Å². The average Bonchev–Trinajstić information content (AvgIpc) is 3.80. The van der Waals surface area contributed by atoms with Crippen LogP contribution in [-0.2, 0) is 0 Å². The number of para-hydroxylation sites is 3. The molecule has 46 heavy (non-hydrogen) atoms. The van der Waals surface area contributed by atoms with Gasteiger partial charge in [-0.25, -0.2) is 0 Å². The van der Waals surface area contributed by atoms with E-state index in [1.165, 1.54) is 20.2 Å². The number of anilines is 3. The highest BCUT2D eigenvalue weighted by Gasteiger charge is 2.21. The van der Waals surface area contributed by atoms with Gasteiger partial charge < -0.3 is 13.7 Å². The third-order valence-corrected chi connectivity index (χ3v) is 10.1. The highest BCUT2D eigenvalue weighted by atomic mass is 32.1. The zero-order valence-corrected chi connectivity index (χ0v) is 25.3. The first-order valence-electron chi connectivity index (χ1n) is 15.3. The Hall–Kier alpha value is -5.91. The van der Waals surface area contributed by atoms with Crippen LogP contribution in [0.4, 0.5) is 17.1 Å². The molecule has 4 heterocycles. The Balaban J connectivity index is 1.19. The van der Waals surface area contributed by atoms with Crippen molar-refractivity contribution >= 4 is 92.4 Å². The van der Waals surface area contributed by atoms with E-state index in [2.05, 4.69) is 120 Å². The van der Waals surface area contributed by atoms with Crippen molar-refractivity contribution in [2.24, 2.45) is 0 Å². The van der Waals surface area contributed by atoms with Crippen molar-refractivity contribution in [3.05, 3.63) is 146 Å². The summed E-state index contributed by atoms with van der Waals surface area (Å²) in [6.45, 7) is 0. The summed E-state index contributed by atoms with van der Waals surface area (Å²) in [6.07, 6.45) is 1.92. The molecular weight excluding hydrogens is 585 g/mol. The molecule has 0 spiro atoms. The van der Waals surface area contributed by atoms with E-state index < -0.39 is 0 Å². The molecule has 0 saturated carbocycles. The minimum Gasteiger partial charge on any atom is -0.456 e. The van der Waals surface area contributed by atoms with Crippen LogP contribution in [0.1, 0.15) is 0 Å². The molecule has 0 saturated heterocycles. The lowest BCUT2D eigenvalue weighted by Crippen LogP contribution is -2.10. The summed E-state index contributed by atoms with van der Waals surface area (Å²) in [6, 6.07) is 48.6. The van der Waals surface area contributed by atoms with Crippen molar-refractivity contribution in [3.8, 4) is 11.3 Å². The van der Waals surface area contributed by atoms with E-state index in [9.17, 15) is 0 Å². The van der Waals surface area contributed by atoms with Crippen molar-refractivity contribution in [2.75, 3.05) is 4.90 Å². The maximum atomic E-state index is 6.55. The number of thiophene rings is 1. The van der Waals surface area contributed by atoms with Crippen LogP contribution < -0.4 is 4.90 Å². The molecule has 0 aliphatic carbocycles. The van der Waals surface area contributed by atoms with Crippen LogP contribution >= 0.6 is 11.3 Å². The second-order valence-electron chi connectivity index (χ2n) is 11.5. The number of pyridine rings is 1. The third-order valence-electron chi connectivity index (χ3n) is 8.93. The molecular formula is C41H24N2O2S. The fourth-order valence-corrected chi connectivity index (χ4v) is 7.95. The number of furan rings is 2. The van der Waals surface area contributed by atoms with Gasteiger partial charge in [0.15, 0.2) is 5.58 Å². The van der Waals surface area contributed by atoms with Gasteiger partial charge in [-0.15, -0.1) is 11.3 Å². The molecule has 4 nitrogen and oxygen atoms in total. The van der Waals surface area contributed by atoms with Gasteiger partial charge in [0.25, 0.3) is 0 Å². The van der Waals surface area contributed by atoms with Gasteiger partial charge in [-0.3, -0.25) is 4.98 Å². The lowest BCUT2D eigenvalue weighted by Gasteiger charge is -2.26. The van der Waals surface area contributed by atoms with Crippen molar-refractivity contribution in [1.82, 2.24) is 4.98 Å². The van der Waals surface area contributed by atoms with Gasteiger partial charge in [0, 0.05) is 64.9 Å². The first kappa shape index (κ1) is 25.4. The van der Waals surface area contributed by atoms with Gasteiger partial charge in [-0.2, -0.15) is 0 Å².